The number of nitrogens with zero attached hydrogens (tertiary/aromatic N) is 1. The molecule has 0 unspecified atom stereocenters. The molecular formula is C9H8N2O2S. The zero-order valence-corrected chi connectivity index (χ0v) is 8.30. The molecule has 1 heterocycles. The molecule has 1 aromatic heterocycles. The van der Waals surface area contributed by atoms with Crippen molar-refractivity contribution in [3.63, 3.8) is 0 Å². The van der Waals surface area contributed by atoms with Crippen molar-refractivity contribution in [1.82, 2.24) is 9.69 Å². The van der Waals surface area contributed by atoms with Gasteiger partial charge in [0.2, 0.25) is 0 Å². The Morgan fingerprint density at radius 1 is 1.57 bits per heavy atom. The second-order valence-corrected chi connectivity index (χ2v) is 3.27. The number of carbonyl (C=O) groups excluding carboxylic acids is 1. The third kappa shape index (κ3) is 1.54. The number of benzene rings is 1. The Bertz CT molecular complexity index is 467. The van der Waals surface area contributed by atoms with E-state index in [4.69, 9.17) is 4.74 Å². The lowest BCUT2D eigenvalue weighted by molar-refractivity contribution is 0.203. The van der Waals surface area contributed by atoms with Crippen LogP contribution in [0.3, 0.4) is 0 Å². The van der Waals surface area contributed by atoms with Crippen molar-refractivity contribution >= 4 is 28.5 Å². The molecule has 72 valence electrons. The van der Waals surface area contributed by atoms with Crippen molar-refractivity contribution in [3.05, 3.63) is 23.6 Å². The maximum absolute atomic E-state index is 11.0. The Morgan fingerprint density at radius 3 is 3.21 bits per heavy atom. The zero-order chi connectivity index (χ0) is 9.97. The van der Waals surface area contributed by atoms with Gasteiger partial charge >= 0.3 is 6.09 Å². The zero-order valence-electron chi connectivity index (χ0n) is 7.48. The van der Waals surface area contributed by atoms with E-state index in [2.05, 4.69) is 9.69 Å². The SMILES string of the molecule is CNC(=O)Oc1cccc2nscc12. The number of carbonyl (C=O) groups is 1. The molecule has 0 saturated carbocycles. The highest BCUT2D eigenvalue weighted by atomic mass is 32.1. The smallest absolute Gasteiger partial charge is 0.410 e. The second-order valence-electron chi connectivity index (χ2n) is 2.64. The molecule has 0 fully saturated rings. The monoisotopic (exact) mass is 208 g/mol. The van der Waals surface area contributed by atoms with Gasteiger partial charge in [-0.05, 0) is 23.7 Å². The minimum absolute atomic E-state index is 0.469. The van der Waals surface area contributed by atoms with Crippen LogP contribution in [0.15, 0.2) is 23.6 Å². The highest BCUT2D eigenvalue weighted by Crippen LogP contribution is 2.26. The van der Waals surface area contributed by atoms with Gasteiger partial charge in [-0.15, -0.1) is 0 Å². The molecule has 5 heteroatoms. The molecule has 0 saturated heterocycles. The maximum Gasteiger partial charge on any atom is 0.412 e. The van der Waals surface area contributed by atoms with E-state index in [-0.39, 0.29) is 0 Å². The summed E-state index contributed by atoms with van der Waals surface area (Å²) in [6.45, 7) is 0. The van der Waals surface area contributed by atoms with Crippen molar-refractivity contribution in [3.8, 4) is 5.75 Å². The number of fused-ring (bicyclic) bond motifs is 1. The fraction of sp³-hybridized carbons (Fsp3) is 0.111. The highest BCUT2D eigenvalue weighted by molar-refractivity contribution is 7.04. The molecule has 0 aliphatic rings. The fourth-order valence-electron chi connectivity index (χ4n) is 1.11. The van der Waals surface area contributed by atoms with Gasteiger partial charge in [-0.3, -0.25) is 0 Å². The molecule has 0 aliphatic heterocycles. The standard InChI is InChI=1S/C9H8N2O2S/c1-10-9(12)13-8-4-2-3-7-6(8)5-14-11-7/h2-5H,1H3,(H,10,12). The summed E-state index contributed by atoms with van der Waals surface area (Å²) in [7, 11) is 1.52. The molecule has 1 N–H and O–H groups in total. The molecule has 0 spiro atoms. The Hall–Kier alpha value is -1.62. The molecule has 0 bridgehead atoms. The van der Waals surface area contributed by atoms with Crippen LogP contribution in [0.1, 0.15) is 0 Å². The first kappa shape index (κ1) is 8.96. The van der Waals surface area contributed by atoms with E-state index in [9.17, 15) is 4.79 Å². The van der Waals surface area contributed by atoms with Crippen LogP contribution in [0.2, 0.25) is 0 Å². The normalized spacial score (nSPS) is 10.1. The van der Waals surface area contributed by atoms with E-state index in [1.54, 1.807) is 12.1 Å². The van der Waals surface area contributed by atoms with Crippen LogP contribution in [-0.4, -0.2) is 17.5 Å². The first-order valence-corrected chi connectivity index (χ1v) is 4.87. The fourth-order valence-corrected chi connectivity index (χ4v) is 1.77. The van der Waals surface area contributed by atoms with Gasteiger partial charge in [0.05, 0.1) is 10.9 Å². The largest absolute Gasteiger partial charge is 0.412 e. The summed E-state index contributed by atoms with van der Waals surface area (Å²) in [6.07, 6.45) is -0.469. The van der Waals surface area contributed by atoms with Gasteiger partial charge in [-0.2, -0.15) is 4.37 Å². The van der Waals surface area contributed by atoms with Crippen LogP contribution in [-0.2, 0) is 0 Å². The number of hydrogen-bond donors (Lipinski definition) is 1. The summed E-state index contributed by atoms with van der Waals surface area (Å²) in [5.41, 5.74) is 0.844. The molecule has 0 atom stereocenters. The van der Waals surface area contributed by atoms with Crippen LogP contribution in [0.25, 0.3) is 10.9 Å². The lowest BCUT2D eigenvalue weighted by atomic mass is 10.2. The van der Waals surface area contributed by atoms with E-state index in [0.717, 1.165) is 10.9 Å². The summed E-state index contributed by atoms with van der Waals surface area (Å²) in [5.74, 6) is 0.538. The average molecular weight is 208 g/mol. The van der Waals surface area contributed by atoms with Crippen LogP contribution in [0, 0.1) is 0 Å². The van der Waals surface area contributed by atoms with Crippen LogP contribution < -0.4 is 10.1 Å². The summed E-state index contributed by atoms with van der Waals surface area (Å²) in [4.78, 5) is 11.0. The third-order valence-electron chi connectivity index (χ3n) is 1.77. The third-order valence-corrected chi connectivity index (χ3v) is 2.41. The maximum atomic E-state index is 11.0. The van der Waals surface area contributed by atoms with Crippen LogP contribution >= 0.6 is 11.5 Å². The number of aromatic nitrogens is 1. The predicted octanol–water partition coefficient (Wildman–Crippen LogP) is 2.01. The molecule has 2 rings (SSSR count). The van der Waals surface area contributed by atoms with Crippen LogP contribution in [0.5, 0.6) is 5.75 Å². The first-order valence-electron chi connectivity index (χ1n) is 4.04. The Morgan fingerprint density at radius 2 is 2.43 bits per heavy atom. The van der Waals surface area contributed by atoms with Gasteiger partial charge in [0.15, 0.2) is 0 Å². The van der Waals surface area contributed by atoms with E-state index >= 15 is 0 Å². The van der Waals surface area contributed by atoms with E-state index in [1.165, 1.54) is 18.6 Å². The number of ether oxygens (including phenoxy) is 1. The van der Waals surface area contributed by atoms with Crippen LogP contribution in [0.4, 0.5) is 4.79 Å². The molecule has 1 aromatic carbocycles. The minimum atomic E-state index is -0.469. The van der Waals surface area contributed by atoms with Gasteiger partial charge < -0.3 is 10.1 Å². The van der Waals surface area contributed by atoms with Crippen molar-refractivity contribution in [2.75, 3.05) is 7.05 Å². The molecule has 0 radical (unpaired) electrons. The van der Waals surface area contributed by atoms with E-state index in [1.807, 2.05) is 11.4 Å². The number of nitrogens with one attached hydrogen (secondary N) is 1. The minimum Gasteiger partial charge on any atom is -0.410 e. The quantitative estimate of drug-likeness (QED) is 0.780. The molecular weight excluding hydrogens is 200 g/mol. The topological polar surface area (TPSA) is 51.2 Å². The number of amides is 1. The Balaban J connectivity index is 2.41. The summed E-state index contributed by atoms with van der Waals surface area (Å²) < 4.78 is 9.19. The number of hydrogen-bond acceptors (Lipinski definition) is 4. The van der Waals surface area contributed by atoms with Gasteiger partial charge in [0.1, 0.15) is 5.75 Å². The molecule has 4 nitrogen and oxygen atoms in total. The summed E-state index contributed by atoms with van der Waals surface area (Å²) in [6, 6.07) is 5.43. The van der Waals surface area contributed by atoms with E-state index in [0.29, 0.717) is 5.75 Å². The second kappa shape index (κ2) is 3.63. The first-order chi connectivity index (χ1) is 6.81. The molecule has 14 heavy (non-hydrogen) atoms. The van der Waals surface area contributed by atoms with Gasteiger partial charge in [0.25, 0.3) is 0 Å². The summed E-state index contributed by atoms with van der Waals surface area (Å²) in [5, 5.41) is 5.11. The summed E-state index contributed by atoms with van der Waals surface area (Å²) >= 11 is 1.34. The van der Waals surface area contributed by atoms with Crippen molar-refractivity contribution in [1.29, 1.82) is 0 Å². The predicted molar refractivity (Wildman–Crippen MR) is 54.7 cm³/mol. The average Bonchev–Trinajstić information content (AvgIpc) is 2.66. The van der Waals surface area contributed by atoms with Crippen molar-refractivity contribution in [2.45, 2.75) is 0 Å². The molecule has 2 aromatic rings. The Kier molecular flexibility index (Phi) is 2.32. The van der Waals surface area contributed by atoms with Gasteiger partial charge in [0, 0.05) is 12.4 Å². The molecule has 0 aliphatic carbocycles. The van der Waals surface area contributed by atoms with Gasteiger partial charge in [-0.25, -0.2) is 4.79 Å². The lowest BCUT2D eigenvalue weighted by Crippen LogP contribution is -2.22. The molecule has 1 amide bonds. The lowest BCUT2D eigenvalue weighted by Gasteiger charge is -2.03. The Labute approximate surface area is 84.7 Å². The van der Waals surface area contributed by atoms with Crippen molar-refractivity contribution < 1.29 is 9.53 Å². The number of rotatable bonds is 1. The van der Waals surface area contributed by atoms with E-state index < -0.39 is 6.09 Å². The highest BCUT2D eigenvalue weighted by Gasteiger charge is 2.06. The van der Waals surface area contributed by atoms with Crippen molar-refractivity contribution in [2.24, 2.45) is 0 Å². The van der Waals surface area contributed by atoms with Gasteiger partial charge in [-0.1, -0.05) is 6.07 Å².